The summed E-state index contributed by atoms with van der Waals surface area (Å²) >= 11 is 1.24. The van der Waals surface area contributed by atoms with Gasteiger partial charge in [-0.1, -0.05) is 0 Å². The zero-order valence-electron chi connectivity index (χ0n) is 5.81. The second kappa shape index (κ2) is 2.13. The topological polar surface area (TPSA) is 47.8 Å². The van der Waals surface area contributed by atoms with Gasteiger partial charge in [-0.25, -0.2) is 4.98 Å². The molecule has 2 heterocycles. The Kier molecular flexibility index (Phi) is 1.25. The molecule has 0 fully saturated rings. The van der Waals surface area contributed by atoms with Crippen LogP contribution in [-0.4, -0.2) is 13.9 Å². The van der Waals surface area contributed by atoms with Crippen LogP contribution >= 0.6 is 11.5 Å². The summed E-state index contributed by atoms with van der Waals surface area (Å²) in [5, 5.41) is 0.597. The van der Waals surface area contributed by atoms with E-state index in [9.17, 15) is 4.79 Å². The summed E-state index contributed by atoms with van der Waals surface area (Å²) in [5.41, 5.74) is -0.0382. The van der Waals surface area contributed by atoms with Gasteiger partial charge in [0.2, 0.25) is 0 Å². The van der Waals surface area contributed by atoms with E-state index in [2.05, 4.69) is 9.36 Å². The highest BCUT2D eigenvalue weighted by Gasteiger charge is 2.01. The zero-order valence-corrected chi connectivity index (χ0v) is 6.63. The van der Waals surface area contributed by atoms with Crippen LogP contribution in [0.4, 0.5) is 0 Å². The molecule has 0 spiro atoms. The molecule has 11 heavy (non-hydrogen) atoms. The van der Waals surface area contributed by atoms with E-state index in [0.29, 0.717) is 10.2 Å². The highest BCUT2D eigenvalue weighted by Crippen LogP contribution is 2.08. The number of hydrogen-bond acceptors (Lipinski definition) is 4. The maximum absolute atomic E-state index is 11.3. The molecular weight excluding hydrogens is 162 g/mol. The van der Waals surface area contributed by atoms with Crippen LogP contribution in [0, 0.1) is 0 Å². The minimum Gasteiger partial charge on any atom is -0.302 e. The standard InChI is InChI=1S/C6H5N3OS/c1-9-3-7-5-4(6(9)10)2-8-11-5/h2-3H,1H3. The Morgan fingerprint density at radius 3 is 3.27 bits per heavy atom. The lowest BCUT2D eigenvalue weighted by atomic mass is 10.4. The van der Waals surface area contributed by atoms with Crippen molar-refractivity contribution in [2.75, 3.05) is 0 Å². The van der Waals surface area contributed by atoms with Gasteiger partial charge in [-0.3, -0.25) is 4.79 Å². The van der Waals surface area contributed by atoms with Crippen LogP contribution < -0.4 is 5.56 Å². The fourth-order valence-corrected chi connectivity index (χ4v) is 1.45. The molecule has 0 saturated carbocycles. The first-order valence-corrected chi connectivity index (χ1v) is 3.82. The highest BCUT2D eigenvalue weighted by atomic mass is 32.1. The average molecular weight is 167 g/mol. The van der Waals surface area contributed by atoms with Crippen molar-refractivity contribution in [3.05, 3.63) is 22.9 Å². The normalized spacial score (nSPS) is 10.6. The number of rotatable bonds is 0. The minimum absolute atomic E-state index is 0.0382. The molecule has 0 aromatic carbocycles. The van der Waals surface area contributed by atoms with Crippen molar-refractivity contribution >= 4 is 21.7 Å². The second-order valence-electron chi connectivity index (χ2n) is 2.21. The Morgan fingerprint density at radius 2 is 2.45 bits per heavy atom. The van der Waals surface area contributed by atoms with Gasteiger partial charge in [-0.15, -0.1) is 0 Å². The average Bonchev–Trinajstić information content (AvgIpc) is 2.45. The Labute approximate surface area is 66.3 Å². The Morgan fingerprint density at radius 1 is 1.64 bits per heavy atom. The van der Waals surface area contributed by atoms with Crippen molar-refractivity contribution in [3.63, 3.8) is 0 Å². The van der Waals surface area contributed by atoms with Crippen LogP contribution in [0.3, 0.4) is 0 Å². The molecule has 2 aromatic heterocycles. The molecule has 0 bridgehead atoms. The lowest BCUT2D eigenvalue weighted by molar-refractivity contribution is 0.844. The van der Waals surface area contributed by atoms with Crippen LogP contribution in [0.15, 0.2) is 17.3 Å². The molecule has 2 aromatic rings. The van der Waals surface area contributed by atoms with Gasteiger partial charge in [0, 0.05) is 7.05 Å². The molecule has 2 rings (SSSR count). The van der Waals surface area contributed by atoms with Gasteiger partial charge in [0.25, 0.3) is 5.56 Å². The molecule has 5 heteroatoms. The fourth-order valence-electron chi connectivity index (χ4n) is 0.855. The van der Waals surface area contributed by atoms with Crippen LogP contribution in [0.2, 0.25) is 0 Å². The molecular formula is C6H5N3OS. The zero-order chi connectivity index (χ0) is 7.84. The van der Waals surface area contributed by atoms with E-state index in [1.807, 2.05) is 0 Å². The lowest BCUT2D eigenvalue weighted by Gasteiger charge is -1.92. The largest absolute Gasteiger partial charge is 0.302 e. The Bertz CT molecular complexity index is 444. The van der Waals surface area contributed by atoms with E-state index in [1.165, 1.54) is 22.4 Å². The van der Waals surface area contributed by atoms with Crippen LogP contribution in [-0.2, 0) is 7.05 Å². The third kappa shape index (κ3) is 0.848. The number of aromatic nitrogens is 3. The van der Waals surface area contributed by atoms with Crippen LogP contribution in [0.1, 0.15) is 0 Å². The maximum atomic E-state index is 11.3. The van der Waals surface area contributed by atoms with Crippen molar-refractivity contribution < 1.29 is 0 Å². The summed E-state index contributed by atoms with van der Waals surface area (Å²) in [7, 11) is 1.67. The lowest BCUT2D eigenvalue weighted by Crippen LogP contribution is -2.15. The molecule has 0 amide bonds. The van der Waals surface area contributed by atoms with E-state index in [1.54, 1.807) is 13.2 Å². The third-order valence-electron chi connectivity index (χ3n) is 1.45. The van der Waals surface area contributed by atoms with Crippen LogP contribution in [0.25, 0.3) is 10.2 Å². The predicted octanol–water partition coefficient (Wildman–Crippen LogP) is 0.390. The van der Waals surface area contributed by atoms with E-state index >= 15 is 0 Å². The fraction of sp³-hybridized carbons (Fsp3) is 0.167. The molecule has 0 aliphatic carbocycles. The van der Waals surface area contributed by atoms with E-state index < -0.39 is 0 Å². The molecule has 0 radical (unpaired) electrons. The number of fused-ring (bicyclic) bond motifs is 1. The second-order valence-corrected chi connectivity index (χ2v) is 2.99. The van der Waals surface area contributed by atoms with Crippen LogP contribution in [0.5, 0.6) is 0 Å². The van der Waals surface area contributed by atoms with Crippen molar-refractivity contribution in [2.24, 2.45) is 7.05 Å². The first kappa shape index (κ1) is 6.48. The molecule has 0 N–H and O–H groups in total. The van der Waals surface area contributed by atoms with Gasteiger partial charge >= 0.3 is 0 Å². The molecule has 0 aliphatic rings. The quantitative estimate of drug-likeness (QED) is 0.570. The van der Waals surface area contributed by atoms with Gasteiger partial charge in [0.1, 0.15) is 0 Å². The molecule has 4 nitrogen and oxygen atoms in total. The summed E-state index contributed by atoms with van der Waals surface area (Å²) in [6, 6.07) is 0. The van der Waals surface area contributed by atoms with E-state index in [4.69, 9.17) is 0 Å². The predicted molar refractivity (Wildman–Crippen MR) is 42.7 cm³/mol. The number of nitrogens with zero attached hydrogens (tertiary/aromatic N) is 3. The molecule has 0 saturated heterocycles. The van der Waals surface area contributed by atoms with Gasteiger partial charge in [0.15, 0.2) is 4.83 Å². The summed E-state index contributed by atoms with van der Waals surface area (Å²) in [5.74, 6) is 0. The first-order valence-electron chi connectivity index (χ1n) is 3.05. The maximum Gasteiger partial charge on any atom is 0.263 e. The summed E-state index contributed by atoms with van der Waals surface area (Å²) < 4.78 is 5.31. The monoisotopic (exact) mass is 167 g/mol. The van der Waals surface area contributed by atoms with E-state index in [0.717, 1.165) is 0 Å². The molecule has 0 aliphatic heterocycles. The first-order chi connectivity index (χ1) is 5.29. The SMILES string of the molecule is Cn1cnc2sncc2c1=O. The van der Waals surface area contributed by atoms with Gasteiger partial charge < -0.3 is 4.57 Å². The Hall–Kier alpha value is -1.23. The van der Waals surface area contributed by atoms with Gasteiger partial charge in [-0.2, -0.15) is 4.37 Å². The molecule has 0 atom stereocenters. The Balaban J connectivity index is 3.05. The summed E-state index contributed by atoms with van der Waals surface area (Å²) in [6.07, 6.45) is 3.05. The van der Waals surface area contributed by atoms with Crippen molar-refractivity contribution in [2.45, 2.75) is 0 Å². The van der Waals surface area contributed by atoms with E-state index in [-0.39, 0.29) is 5.56 Å². The third-order valence-corrected chi connectivity index (χ3v) is 2.16. The smallest absolute Gasteiger partial charge is 0.263 e. The number of hydrogen-bond donors (Lipinski definition) is 0. The highest BCUT2D eigenvalue weighted by molar-refractivity contribution is 7.12. The van der Waals surface area contributed by atoms with Crippen molar-refractivity contribution in [1.82, 2.24) is 13.9 Å². The summed E-state index contributed by atoms with van der Waals surface area (Å²) in [6.45, 7) is 0. The molecule has 0 unspecified atom stereocenters. The van der Waals surface area contributed by atoms with Crippen molar-refractivity contribution in [1.29, 1.82) is 0 Å². The number of aryl methyl sites for hydroxylation is 1. The van der Waals surface area contributed by atoms with Gasteiger partial charge in [0.05, 0.1) is 17.9 Å². The summed E-state index contributed by atoms with van der Waals surface area (Å²) in [4.78, 5) is 16.0. The molecule has 56 valence electrons. The minimum atomic E-state index is -0.0382. The van der Waals surface area contributed by atoms with Crippen molar-refractivity contribution in [3.8, 4) is 0 Å². The van der Waals surface area contributed by atoms with Gasteiger partial charge in [-0.05, 0) is 11.5 Å².